The van der Waals surface area contributed by atoms with Crippen molar-refractivity contribution in [3.8, 4) is 0 Å². The summed E-state index contributed by atoms with van der Waals surface area (Å²) >= 11 is 0. The minimum Gasteiger partial charge on any atom is -0.396 e. The first-order valence-corrected chi connectivity index (χ1v) is 7.55. The van der Waals surface area contributed by atoms with Gasteiger partial charge in [-0.25, -0.2) is 0 Å². The van der Waals surface area contributed by atoms with E-state index in [1.165, 1.54) is 19.3 Å². The van der Waals surface area contributed by atoms with Crippen LogP contribution in [0.2, 0.25) is 0 Å². The minimum absolute atomic E-state index is 0.119. The quantitative estimate of drug-likeness (QED) is 0.508. The van der Waals surface area contributed by atoms with Crippen LogP contribution < -0.4 is 5.32 Å². The van der Waals surface area contributed by atoms with Crippen LogP contribution >= 0.6 is 0 Å². The number of aromatic nitrogens is 3. The number of hydrogen-bond donors (Lipinski definition) is 3. The summed E-state index contributed by atoms with van der Waals surface area (Å²) in [5.74, 6) is 0.119. The second-order valence-electron chi connectivity index (χ2n) is 5.01. The maximum atomic E-state index is 11.6. The number of aliphatic hydroxyl groups excluding tert-OH is 1. The molecule has 1 amide bonds. The van der Waals surface area contributed by atoms with E-state index in [-0.39, 0.29) is 5.91 Å². The molecule has 0 atom stereocenters. The van der Waals surface area contributed by atoms with Gasteiger partial charge in [-0.05, 0) is 12.8 Å². The van der Waals surface area contributed by atoms with Gasteiger partial charge < -0.3 is 10.4 Å². The number of unbranched alkanes of at least 4 members (excludes halogenated alkanes) is 6. The third kappa shape index (κ3) is 8.63. The Morgan fingerprint density at radius 1 is 1.15 bits per heavy atom. The van der Waals surface area contributed by atoms with Gasteiger partial charge in [0.25, 0.3) is 0 Å². The lowest BCUT2D eigenvalue weighted by atomic mass is 10.1. The van der Waals surface area contributed by atoms with Crippen molar-refractivity contribution in [3.05, 3.63) is 11.9 Å². The van der Waals surface area contributed by atoms with Crippen LogP contribution in [0, 0.1) is 0 Å². The Kier molecular flexibility index (Phi) is 9.48. The molecule has 0 unspecified atom stereocenters. The molecule has 0 bridgehead atoms. The number of amides is 1. The van der Waals surface area contributed by atoms with Crippen molar-refractivity contribution in [1.82, 2.24) is 20.7 Å². The summed E-state index contributed by atoms with van der Waals surface area (Å²) in [5.41, 5.74) is 0.869. The van der Waals surface area contributed by atoms with Gasteiger partial charge in [-0.15, -0.1) is 0 Å². The second-order valence-corrected chi connectivity index (χ2v) is 5.01. The molecule has 0 aliphatic heterocycles. The van der Waals surface area contributed by atoms with Crippen molar-refractivity contribution in [2.45, 2.75) is 57.8 Å². The first kappa shape index (κ1) is 16.6. The van der Waals surface area contributed by atoms with Crippen LogP contribution in [0.3, 0.4) is 0 Å². The van der Waals surface area contributed by atoms with Crippen molar-refractivity contribution >= 4 is 5.91 Å². The molecule has 6 heteroatoms. The number of hydrogen-bond acceptors (Lipinski definition) is 4. The van der Waals surface area contributed by atoms with Gasteiger partial charge in [0.15, 0.2) is 0 Å². The van der Waals surface area contributed by atoms with Gasteiger partial charge in [-0.2, -0.15) is 15.4 Å². The average molecular weight is 282 g/mol. The largest absolute Gasteiger partial charge is 0.396 e. The zero-order chi connectivity index (χ0) is 14.5. The highest BCUT2D eigenvalue weighted by atomic mass is 16.2. The number of aromatic amines is 1. The monoisotopic (exact) mass is 282 g/mol. The van der Waals surface area contributed by atoms with E-state index >= 15 is 0 Å². The first-order valence-electron chi connectivity index (χ1n) is 7.55. The molecular weight excluding hydrogens is 256 g/mol. The fourth-order valence-electron chi connectivity index (χ4n) is 2.05. The Morgan fingerprint density at radius 3 is 2.50 bits per heavy atom. The predicted octanol–water partition coefficient (Wildman–Crippen LogP) is 1.58. The normalized spacial score (nSPS) is 10.7. The van der Waals surface area contributed by atoms with Crippen LogP contribution in [-0.2, 0) is 11.2 Å². The van der Waals surface area contributed by atoms with Crippen LogP contribution in [0.4, 0.5) is 0 Å². The van der Waals surface area contributed by atoms with Gasteiger partial charge in [0.05, 0.1) is 11.9 Å². The van der Waals surface area contributed by atoms with Crippen LogP contribution in [0.15, 0.2) is 6.20 Å². The Balaban J connectivity index is 1.85. The molecule has 0 aromatic carbocycles. The lowest BCUT2D eigenvalue weighted by Gasteiger charge is -2.04. The van der Waals surface area contributed by atoms with Gasteiger partial charge in [-0.3, -0.25) is 4.79 Å². The minimum atomic E-state index is 0.119. The van der Waals surface area contributed by atoms with E-state index in [0.717, 1.165) is 31.4 Å². The zero-order valence-electron chi connectivity index (χ0n) is 12.1. The number of rotatable bonds is 12. The maximum absolute atomic E-state index is 11.6. The molecule has 1 heterocycles. The highest BCUT2D eigenvalue weighted by Crippen LogP contribution is 2.08. The van der Waals surface area contributed by atoms with E-state index in [1.54, 1.807) is 6.20 Å². The fraction of sp³-hybridized carbons (Fsp3) is 0.786. The van der Waals surface area contributed by atoms with E-state index in [0.29, 0.717) is 26.0 Å². The lowest BCUT2D eigenvalue weighted by molar-refractivity contribution is -0.121. The van der Waals surface area contributed by atoms with E-state index in [1.807, 2.05) is 0 Å². The molecule has 1 rings (SSSR count). The van der Waals surface area contributed by atoms with E-state index < -0.39 is 0 Å². The number of carbonyl (C=O) groups is 1. The predicted molar refractivity (Wildman–Crippen MR) is 77.1 cm³/mol. The molecule has 3 N–H and O–H groups in total. The molecule has 0 aliphatic carbocycles. The van der Waals surface area contributed by atoms with Crippen LogP contribution in [0.25, 0.3) is 0 Å². The van der Waals surface area contributed by atoms with Crippen LogP contribution in [0.5, 0.6) is 0 Å². The standard InChI is InChI=1S/C14H26N4O2/c19-11-7-5-3-1-2-4-6-8-14(20)15-10-9-13-12-16-18-17-13/h12,19H,1-11H2,(H,15,20)(H,16,17,18). The summed E-state index contributed by atoms with van der Waals surface area (Å²) in [7, 11) is 0. The molecular formula is C14H26N4O2. The topological polar surface area (TPSA) is 90.9 Å². The van der Waals surface area contributed by atoms with Crippen molar-refractivity contribution in [2.24, 2.45) is 0 Å². The molecule has 1 aromatic rings. The van der Waals surface area contributed by atoms with Crippen molar-refractivity contribution in [3.63, 3.8) is 0 Å². The highest BCUT2D eigenvalue weighted by Gasteiger charge is 2.01. The fourth-order valence-corrected chi connectivity index (χ4v) is 2.05. The molecule has 0 radical (unpaired) electrons. The van der Waals surface area contributed by atoms with E-state index in [2.05, 4.69) is 20.7 Å². The number of aliphatic hydroxyl groups is 1. The van der Waals surface area contributed by atoms with Gasteiger partial charge in [0.1, 0.15) is 0 Å². The Bertz CT molecular complexity index is 341. The second kappa shape index (κ2) is 11.4. The van der Waals surface area contributed by atoms with Crippen molar-refractivity contribution in [2.75, 3.05) is 13.2 Å². The SMILES string of the molecule is O=C(CCCCCCCCCO)NCCc1cn[nH]n1. The molecule has 0 aliphatic rings. The molecule has 1 aromatic heterocycles. The Labute approximate surface area is 120 Å². The molecule has 0 saturated heterocycles. The van der Waals surface area contributed by atoms with E-state index in [4.69, 9.17) is 5.11 Å². The van der Waals surface area contributed by atoms with E-state index in [9.17, 15) is 4.79 Å². The van der Waals surface area contributed by atoms with Gasteiger partial charge in [0, 0.05) is 26.0 Å². The van der Waals surface area contributed by atoms with Gasteiger partial charge >= 0.3 is 0 Å². The molecule has 0 saturated carbocycles. The number of H-pyrrole nitrogens is 1. The molecule has 0 spiro atoms. The summed E-state index contributed by atoms with van der Waals surface area (Å²) in [5, 5.41) is 21.7. The molecule has 20 heavy (non-hydrogen) atoms. The Hall–Kier alpha value is -1.43. The van der Waals surface area contributed by atoms with Crippen LogP contribution in [0.1, 0.15) is 57.1 Å². The lowest BCUT2D eigenvalue weighted by Crippen LogP contribution is -2.25. The van der Waals surface area contributed by atoms with Gasteiger partial charge in [0.2, 0.25) is 5.91 Å². The average Bonchev–Trinajstić information content (AvgIpc) is 2.95. The van der Waals surface area contributed by atoms with Gasteiger partial charge in [-0.1, -0.05) is 32.1 Å². The molecule has 6 nitrogen and oxygen atoms in total. The summed E-state index contributed by atoms with van der Waals surface area (Å²) < 4.78 is 0. The maximum Gasteiger partial charge on any atom is 0.220 e. The smallest absolute Gasteiger partial charge is 0.220 e. The highest BCUT2D eigenvalue weighted by molar-refractivity contribution is 5.75. The first-order chi connectivity index (χ1) is 9.83. The number of carbonyl (C=O) groups excluding carboxylic acids is 1. The Morgan fingerprint density at radius 2 is 1.85 bits per heavy atom. The molecule has 0 fully saturated rings. The zero-order valence-corrected chi connectivity index (χ0v) is 12.1. The summed E-state index contributed by atoms with van der Waals surface area (Å²) in [6.45, 7) is 0.918. The number of nitrogens with zero attached hydrogens (tertiary/aromatic N) is 2. The third-order valence-corrected chi connectivity index (χ3v) is 3.23. The van der Waals surface area contributed by atoms with Crippen molar-refractivity contribution in [1.29, 1.82) is 0 Å². The summed E-state index contributed by atoms with van der Waals surface area (Å²) in [6, 6.07) is 0. The molecule has 114 valence electrons. The van der Waals surface area contributed by atoms with Crippen LogP contribution in [-0.4, -0.2) is 39.6 Å². The summed E-state index contributed by atoms with van der Waals surface area (Å²) in [4.78, 5) is 11.6. The number of nitrogens with one attached hydrogen (secondary N) is 2. The van der Waals surface area contributed by atoms with Crippen molar-refractivity contribution < 1.29 is 9.90 Å². The third-order valence-electron chi connectivity index (χ3n) is 3.23. The summed E-state index contributed by atoms with van der Waals surface area (Å²) in [6.07, 6.45) is 10.6.